The van der Waals surface area contributed by atoms with Crippen LogP contribution in [0.1, 0.15) is 46.3 Å². The van der Waals surface area contributed by atoms with Crippen molar-refractivity contribution in [2.45, 2.75) is 57.8 Å². The van der Waals surface area contributed by atoms with Crippen LogP contribution in [0.25, 0.3) is 0 Å². The highest BCUT2D eigenvalue weighted by Crippen LogP contribution is 2.37. The number of aromatic nitrogens is 2. The average Bonchev–Trinajstić information content (AvgIpc) is 3.04. The predicted octanol–water partition coefficient (Wildman–Crippen LogP) is 2.42. The maximum absolute atomic E-state index is 12.6. The molecule has 3 rings (SSSR count). The Hall–Kier alpha value is -1.54. The van der Waals surface area contributed by atoms with Crippen molar-refractivity contribution in [1.29, 1.82) is 0 Å². The number of thioether (sulfide) groups is 1. The normalized spacial score (nSPS) is 31.9. The molecule has 0 aromatic carbocycles. The van der Waals surface area contributed by atoms with Crippen molar-refractivity contribution < 1.29 is 14.3 Å². The number of hydrogen-bond donors (Lipinski definition) is 1. The summed E-state index contributed by atoms with van der Waals surface area (Å²) in [5, 5.41) is 0. The molecule has 7 nitrogen and oxygen atoms in total. The van der Waals surface area contributed by atoms with Crippen LogP contribution in [0.3, 0.4) is 0 Å². The molecule has 5 atom stereocenters. The van der Waals surface area contributed by atoms with Gasteiger partial charge in [0.2, 0.25) is 5.44 Å². The summed E-state index contributed by atoms with van der Waals surface area (Å²) in [6.45, 7) is 6.56. The van der Waals surface area contributed by atoms with Gasteiger partial charge in [0.1, 0.15) is 18.1 Å². The first-order valence-electron chi connectivity index (χ1n) is 9.17. The summed E-state index contributed by atoms with van der Waals surface area (Å²) in [4.78, 5) is 28.3. The lowest BCUT2D eigenvalue weighted by Gasteiger charge is -2.37. The average molecular weight is 381 g/mol. The van der Waals surface area contributed by atoms with Gasteiger partial charge < -0.3 is 15.2 Å². The number of nitrogens with zero attached hydrogens (tertiary/aromatic N) is 2. The van der Waals surface area contributed by atoms with Crippen molar-refractivity contribution in [3.63, 3.8) is 0 Å². The largest absolute Gasteiger partial charge is 0.459 e. The number of anilines is 1. The number of nitrogen functional groups attached to an aromatic ring is 1. The van der Waals surface area contributed by atoms with Crippen molar-refractivity contribution in [2.75, 3.05) is 11.5 Å². The third-order valence-electron chi connectivity index (χ3n) is 5.25. The monoisotopic (exact) mass is 381 g/mol. The van der Waals surface area contributed by atoms with E-state index in [9.17, 15) is 9.59 Å². The highest BCUT2D eigenvalue weighted by molar-refractivity contribution is 8.00. The Labute approximate surface area is 157 Å². The van der Waals surface area contributed by atoms with Gasteiger partial charge in [-0.3, -0.25) is 4.57 Å². The van der Waals surface area contributed by atoms with Crippen molar-refractivity contribution in [3.05, 3.63) is 22.7 Å². The van der Waals surface area contributed by atoms with Gasteiger partial charge in [-0.05, 0) is 36.7 Å². The number of rotatable bonds is 4. The zero-order valence-electron chi connectivity index (χ0n) is 15.5. The number of esters is 1. The summed E-state index contributed by atoms with van der Waals surface area (Å²) in [5.41, 5.74) is 4.32. The molecule has 26 heavy (non-hydrogen) atoms. The third-order valence-corrected chi connectivity index (χ3v) is 6.34. The number of nitrogens with two attached hydrogens (primary N) is 1. The van der Waals surface area contributed by atoms with Crippen LogP contribution in [-0.2, 0) is 14.3 Å². The van der Waals surface area contributed by atoms with E-state index in [1.54, 1.807) is 6.20 Å². The molecule has 8 heteroatoms. The first-order valence-corrected chi connectivity index (χ1v) is 10.2. The Balaban J connectivity index is 1.63. The quantitative estimate of drug-likeness (QED) is 0.800. The van der Waals surface area contributed by atoms with Crippen molar-refractivity contribution in [3.8, 4) is 0 Å². The minimum atomic E-state index is -0.713. The molecule has 2 fully saturated rings. The van der Waals surface area contributed by atoms with E-state index in [-0.39, 0.29) is 17.9 Å². The Kier molecular flexibility index (Phi) is 5.92. The van der Waals surface area contributed by atoms with Gasteiger partial charge in [0.15, 0.2) is 0 Å². The van der Waals surface area contributed by atoms with E-state index in [0.29, 0.717) is 23.5 Å². The molecule has 0 radical (unpaired) electrons. The summed E-state index contributed by atoms with van der Waals surface area (Å²) < 4.78 is 13.0. The van der Waals surface area contributed by atoms with Crippen LogP contribution in [0, 0.1) is 17.8 Å². The molecule has 1 aliphatic heterocycles. The van der Waals surface area contributed by atoms with Crippen LogP contribution in [-0.4, -0.2) is 32.8 Å². The van der Waals surface area contributed by atoms with Gasteiger partial charge in [-0.15, -0.1) is 11.8 Å². The van der Waals surface area contributed by atoms with Gasteiger partial charge in [-0.2, -0.15) is 4.98 Å². The van der Waals surface area contributed by atoms with E-state index in [1.807, 2.05) is 0 Å². The summed E-state index contributed by atoms with van der Waals surface area (Å²) in [7, 11) is 0. The summed E-state index contributed by atoms with van der Waals surface area (Å²) >= 11 is 1.35. The molecule has 1 aliphatic carbocycles. The summed E-state index contributed by atoms with van der Waals surface area (Å²) in [6.07, 6.45) is 4.11. The van der Waals surface area contributed by atoms with E-state index in [0.717, 1.165) is 12.8 Å². The molecule has 0 amide bonds. The Morgan fingerprint density at radius 2 is 2.23 bits per heavy atom. The highest BCUT2D eigenvalue weighted by atomic mass is 32.2. The number of hydrogen-bond acceptors (Lipinski definition) is 7. The van der Waals surface area contributed by atoms with Gasteiger partial charge in [0.25, 0.3) is 0 Å². The topological polar surface area (TPSA) is 96.4 Å². The van der Waals surface area contributed by atoms with E-state index >= 15 is 0 Å². The predicted molar refractivity (Wildman–Crippen MR) is 101 cm³/mol. The lowest BCUT2D eigenvalue weighted by Crippen LogP contribution is -2.38. The first-order chi connectivity index (χ1) is 12.3. The van der Waals surface area contributed by atoms with Crippen LogP contribution in [0.5, 0.6) is 0 Å². The van der Waals surface area contributed by atoms with E-state index < -0.39 is 17.4 Å². The second kappa shape index (κ2) is 8.00. The van der Waals surface area contributed by atoms with Crippen LogP contribution < -0.4 is 11.4 Å². The first kappa shape index (κ1) is 19.2. The molecule has 144 valence electrons. The lowest BCUT2D eigenvalue weighted by molar-refractivity contribution is -0.166. The zero-order valence-corrected chi connectivity index (χ0v) is 16.3. The maximum Gasteiger partial charge on any atom is 0.351 e. The Bertz CT molecular complexity index is 708. The fraction of sp³-hybridized carbons (Fsp3) is 0.722. The minimum Gasteiger partial charge on any atom is -0.459 e. The Morgan fingerprint density at radius 1 is 1.46 bits per heavy atom. The van der Waals surface area contributed by atoms with Gasteiger partial charge in [0, 0.05) is 11.9 Å². The van der Waals surface area contributed by atoms with Crippen molar-refractivity contribution >= 4 is 23.5 Å². The SMILES string of the molecule is CC(C)[C@@H]1CC[C@H](C)C[C@H]1OC(=O)[C@H]1O[C@H](n2ccc(N)nc2=O)CS1. The molecule has 2 N–H and O–H groups in total. The highest BCUT2D eigenvalue weighted by Gasteiger charge is 2.38. The Morgan fingerprint density at radius 3 is 2.92 bits per heavy atom. The molecular weight excluding hydrogens is 354 g/mol. The second-order valence-electron chi connectivity index (χ2n) is 7.60. The summed E-state index contributed by atoms with van der Waals surface area (Å²) in [5.74, 6) is 1.73. The molecule has 1 saturated heterocycles. The fourth-order valence-corrected chi connectivity index (χ4v) is 4.74. The van der Waals surface area contributed by atoms with E-state index in [2.05, 4.69) is 25.8 Å². The van der Waals surface area contributed by atoms with Crippen LogP contribution in [0.4, 0.5) is 5.82 Å². The molecular formula is C18H27N3O4S. The molecule has 1 aromatic heterocycles. The van der Waals surface area contributed by atoms with E-state index in [4.69, 9.17) is 15.2 Å². The lowest BCUT2D eigenvalue weighted by atomic mass is 9.75. The van der Waals surface area contributed by atoms with Crippen molar-refractivity contribution in [2.24, 2.45) is 17.8 Å². The standard InChI is InChI=1S/C18H27N3O4S/c1-10(2)12-5-4-11(3)8-13(12)24-16(22)17-25-15(9-26-17)21-7-6-14(19)20-18(21)23/h6-7,10-13,15,17H,4-5,8-9H2,1-3H3,(H2,19,20,23)/t11-,12-,13+,15-,17-/m0/s1. The molecule has 2 aliphatic rings. The van der Waals surface area contributed by atoms with Crippen molar-refractivity contribution in [1.82, 2.24) is 9.55 Å². The van der Waals surface area contributed by atoms with Gasteiger partial charge in [-0.25, -0.2) is 9.59 Å². The second-order valence-corrected chi connectivity index (χ2v) is 8.69. The molecule has 0 bridgehead atoms. The molecule has 0 spiro atoms. The summed E-state index contributed by atoms with van der Waals surface area (Å²) in [6, 6.07) is 1.54. The third kappa shape index (κ3) is 4.23. The van der Waals surface area contributed by atoms with Gasteiger partial charge in [-0.1, -0.05) is 27.2 Å². The smallest absolute Gasteiger partial charge is 0.351 e. The van der Waals surface area contributed by atoms with Gasteiger partial charge in [0.05, 0.1) is 0 Å². The number of carbonyl (C=O) groups excluding carboxylic acids is 1. The number of ether oxygens (including phenoxy) is 2. The zero-order chi connectivity index (χ0) is 18.8. The van der Waals surface area contributed by atoms with Crippen LogP contribution >= 0.6 is 11.8 Å². The molecule has 1 aromatic rings. The van der Waals surface area contributed by atoms with Crippen LogP contribution in [0.15, 0.2) is 17.1 Å². The van der Waals surface area contributed by atoms with E-state index in [1.165, 1.54) is 28.8 Å². The fourth-order valence-electron chi connectivity index (χ4n) is 3.76. The molecule has 0 unspecified atom stereocenters. The van der Waals surface area contributed by atoms with Gasteiger partial charge >= 0.3 is 11.7 Å². The van der Waals surface area contributed by atoms with Crippen LogP contribution in [0.2, 0.25) is 0 Å². The molecule has 1 saturated carbocycles. The number of carbonyl (C=O) groups is 1. The molecule has 2 heterocycles. The maximum atomic E-state index is 12.6. The minimum absolute atomic E-state index is 0.0598.